The number of rotatable bonds is 10. The highest BCUT2D eigenvalue weighted by atomic mass is 16.4. The predicted molar refractivity (Wildman–Crippen MR) is 178 cm³/mol. The van der Waals surface area contributed by atoms with E-state index >= 15 is 0 Å². The summed E-state index contributed by atoms with van der Waals surface area (Å²) in [6.45, 7) is 7.20. The number of carboxylic acid groups (broad SMARTS) is 2. The van der Waals surface area contributed by atoms with Gasteiger partial charge >= 0.3 is 11.9 Å². The van der Waals surface area contributed by atoms with E-state index < -0.39 is 59.5 Å². The smallest absolute Gasteiger partial charge is 0.308 e. The van der Waals surface area contributed by atoms with E-state index in [1.807, 2.05) is 84.9 Å². The van der Waals surface area contributed by atoms with Gasteiger partial charge < -0.3 is 20.0 Å². The van der Waals surface area contributed by atoms with Gasteiger partial charge in [-0.2, -0.15) is 0 Å². The van der Waals surface area contributed by atoms with Gasteiger partial charge in [-0.1, -0.05) is 97.1 Å². The van der Waals surface area contributed by atoms with Gasteiger partial charge in [-0.05, 0) is 51.0 Å². The lowest BCUT2D eigenvalue weighted by atomic mass is 9.55. The average molecular weight is 619 g/mol. The number of carbonyl (C=O) groups excluding carboxylic acids is 2. The summed E-state index contributed by atoms with van der Waals surface area (Å²) in [4.78, 5) is 57.6. The number of aliphatic carboxylic acids is 2. The Labute approximate surface area is 268 Å². The van der Waals surface area contributed by atoms with Crippen molar-refractivity contribution in [3.05, 3.63) is 109 Å². The lowest BCUT2D eigenvalue weighted by Gasteiger charge is -2.49. The maximum Gasteiger partial charge on any atom is 0.308 e. The molecule has 0 atom stereocenters. The minimum absolute atomic E-state index is 0.430. The molecule has 46 heavy (non-hydrogen) atoms. The predicted octanol–water partition coefficient (Wildman–Crippen LogP) is 6.85. The number of benzene rings is 4. The topological polar surface area (TPSA) is 115 Å². The Balaban J connectivity index is 1.56. The second kappa shape index (κ2) is 13.4. The SMILES string of the molecule is CC(C)N(c1ccccc1-c1ccccc1)C(=O)[C@H]1[C@H](C(=O)O)[C@H](C(=O)N(c2ccccc2-c2ccccc2)C(C)C)[C@H]1C(=O)O. The van der Waals surface area contributed by atoms with Crippen molar-refractivity contribution in [2.24, 2.45) is 23.7 Å². The summed E-state index contributed by atoms with van der Waals surface area (Å²) < 4.78 is 0. The number of carbonyl (C=O) groups is 4. The Bertz CT molecular complexity index is 1600. The molecule has 4 aromatic carbocycles. The van der Waals surface area contributed by atoms with Crippen LogP contribution >= 0.6 is 0 Å². The van der Waals surface area contributed by atoms with E-state index in [1.54, 1.807) is 52.0 Å². The molecule has 0 aliphatic heterocycles. The van der Waals surface area contributed by atoms with Gasteiger partial charge in [-0.15, -0.1) is 0 Å². The lowest BCUT2D eigenvalue weighted by molar-refractivity contribution is -0.180. The fourth-order valence-corrected chi connectivity index (χ4v) is 6.69. The summed E-state index contributed by atoms with van der Waals surface area (Å²) in [6.07, 6.45) is 0. The molecule has 0 unspecified atom stereocenters. The van der Waals surface area contributed by atoms with Crippen LogP contribution < -0.4 is 9.80 Å². The van der Waals surface area contributed by atoms with Gasteiger partial charge in [0.2, 0.25) is 11.8 Å². The highest BCUT2D eigenvalue weighted by molar-refractivity contribution is 6.10. The Kier molecular flexibility index (Phi) is 9.37. The van der Waals surface area contributed by atoms with Crippen LogP contribution in [0.25, 0.3) is 22.3 Å². The highest BCUT2D eigenvalue weighted by Crippen LogP contribution is 2.50. The monoisotopic (exact) mass is 618 g/mol. The van der Waals surface area contributed by atoms with Crippen LogP contribution in [-0.4, -0.2) is 46.0 Å². The zero-order chi connectivity index (χ0) is 33.1. The van der Waals surface area contributed by atoms with Crippen molar-refractivity contribution >= 4 is 35.1 Å². The third-order valence-electron chi connectivity index (χ3n) is 8.69. The standard InChI is InChI=1S/C38H38N2O6/c1-23(2)39(29-21-13-11-19-27(29)25-15-7-5-8-16-25)35(41)31-33(37(43)44)32(34(31)38(45)46)36(42)40(24(3)4)30-22-14-12-20-28(30)26-17-9-6-10-18-26/h5-24,31-34H,1-4H3,(H,43,44)(H,45,46)/t31-,32-,33-,34-. The number of hydrogen-bond acceptors (Lipinski definition) is 4. The zero-order valence-electron chi connectivity index (χ0n) is 26.3. The van der Waals surface area contributed by atoms with E-state index in [-0.39, 0.29) is 0 Å². The van der Waals surface area contributed by atoms with Crippen LogP contribution in [0.3, 0.4) is 0 Å². The maximum atomic E-state index is 14.4. The van der Waals surface area contributed by atoms with Crippen molar-refractivity contribution in [1.29, 1.82) is 0 Å². The number of para-hydroxylation sites is 2. The van der Waals surface area contributed by atoms with E-state index in [1.165, 1.54) is 9.80 Å². The summed E-state index contributed by atoms with van der Waals surface area (Å²) in [7, 11) is 0. The molecule has 236 valence electrons. The van der Waals surface area contributed by atoms with Gasteiger partial charge in [0.15, 0.2) is 0 Å². The Morgan fingerprint density at radius 2 is 0.783 bits per heavy atom. The third-order valence-corrected chi connectivity index (χ3v) is 8.69. The average Bonchev–Trinajstić information content (AvgIpc) is 3.01. The molecule has 4 aromatic rings. The van der Waals surface area contributed by atoms with Crippen molar-refractivity contribution in [2.75, 3.05) is 9.80 Å². The Morgan fingerprint density at radius 1 is 0.478 bits per heavy atom. The fraction of sp³-hybridized carbons (Fsp3) is 0.263. The number of hydrogen-bond donors (Lipinski definition) is 2. The minimum atomic E-state index is -1.53. The normalized spacial score (nSPS) is 18.9. The van der Waals surface area contributed by atoms with Crippen LogP contribution in [0, 0.1) is 23.7 Å². The zero-order valence-corrected chi connectivity index (χ0v) is 26.3. The van der Waals surface area contributed by atoms with E-state index in [4.69, 9.17) is 0 Å². The molecule has 0 spiro atoms. The molecule has 8 nitrogen and oxygen atoms in total. The molecule has 1 aliphatic rings. The molecule has 1 fully saturated rings. The first-order valence-corrected chi connectivity index (χ1v) is 15.4. The van der Waals surface area contributed by atoms with Crippen LogP contribution in [0.15, 0.2) is 109 Å². The molecule has 1 saturated carbocycles. The largest absolute Gasteiger partial charge is 0.481 e. The molecule has 2 N–H and O–H groups in total. The van der Waals surface area contributed by atoms with Crippen LogP contribution in [0.5, 0.6) is 0 Å². The van der Waals surface area contributed by atoms with Gasteiger partial charge in [0, 0.05) is 23.2 Å². The third kappa shape index (κ3) is 5.90. The van der Waals surface area contributed by atoms with Gasteiger partial charge in [-0.25, -0.2) is 0 Å². The summed E-state index contributed by atoms with van der Waals surface area (Å²) in [5, 5.41) is 21.0. The molecule has 5 rings (SSSR count). The Morgan fingerprint density at radius 3 is 1.09 bits per heavy atom. The number of amides is 2. The molecule has 0 saturated heterocycles. The first kappa shape index (κ1) is 32.2. The molecule has 1 aliphatic carbocycles. The van der Waals surface area contributed by atoms with E-state index in [0.717, 1.165) is 22.3 Å². The first-order valence-electron chi connectivity index (χ1n) is 15.4. The second-order valence-corrected chi connectivity index (χ2v) is 12.1. The van der Waals surface area contributed by atoms with E-state index in [9.17, 15) is 29.4 Å². The van der Waals surface area contributed by atoms with Crippen LogP contribution in [-0.2, 0) is 19.2 Å². The van der Waals surface area contributed by atoms with Gasteiger partial charge in [0.05, 0.1) is 35.0 Å². The van der Waals surface area contributed by atoms with Crippen molar-refractivity contribution in [1.82, 2.24) is 0 Å². The van der Waals surface area contributed by atoms with Crippen LogP contribution in [0.4, 0.5) is 11.4 Å². The summed E-state index contributed by atoms with van der Waals surface area (Å²) in [5.74, 6) is -10.00. The number of anilines is 2. The maximum absolute atomic E-state index is 14.4. The van der Waals surface area contributed by atoms with Gasteiger partial charge in [0.25, 0.3) is 0 Å². The molecule has 0 aromatic heterocycles. The van der Waals surface area contributed by atoms with Crippen LogP contribution in [0.2, 0.25) is 0 Å². The van der Waals surface area contributed by atoms with Crippen molar-refractivity contribution in [3.63, 3.8) is 0 Å². The fourth-order valence-electron chi connectivity index (χ4n) is 6.69. The van der Waals surface area contributed by atoms with Crippen molar-refractivity contribution in [2.45, 2.75) is 39.8 Å². The molecular formula is C38H38N2O6. The molecular weight excluding hydrogens is 580 g/mol. The number of carboxylic acids is 2. The minimum Gasteiger partial charge on any atom is -0.481 e. The van der Waals surface area contributed by atoms with Crippen molar-refractivity contribution in [3.8, 4) is 22.3 Å². The summed E-state index contributed by atoms with van der Waals surface area (Å²) in [5.41, 5.74) is 4.29. The second-order valence-electron chi connectivity index (χ2n) is 12.1. The first-order chi connectivity index (χ1) is 22.0. The summed E-state index contributed by atoms with van der Waals surface area (Å²) in [6, 6.07) is 32.6. The Hall–Kier alpha value is -5.24. The molecule has 0 radical (unpaired) electrons. The van der Waals surface area contributed by atoms with Crippen LogP contribution in [0.1, 0.15) is 27.7 Å². The molecule has 2 amide bonds. The molecule has 0 bridgehead atoms. The highest BCUT2D eigenvalue weighted by Gasteiger charge is 2.65. The van der Waals surface area contributed by atoms with E-state index in [0.29, 0.717) is 11.4 Å². The lowest BCUT2D eigenvalue weighted by Crippen LogP contribution is -2.65. The quantitative estimate of drug-likeness (QED) is 0.201. The number of nitrogens with zero attached hydrogens (tertiary/aromatic N) is 2. The van der Waals surface area contributed by atoms with Gasteiger partial charge in [0.1, 0.15) is 0 Å². The summed E-state index contributed by atoms with van der Waals surface area (Å²) >= 11 is 0. The van der Waals surface area contributed by atoms with E-state index in [2.05, 4.69) is 0 Å². The van der Waals surface area contributed by atoms with Crippen molar-refractivity contribution < 1.29 is 29.4 Å². The van der Waals surface area contributed by atoms with Gasteiger partial charge in [-0.3, -0.25) is 19.2 Å². The molecule has 0 heterocycles. The molecule has 8 heteroatoms.